The van der Waals surface area contributed by atoms with E-state index < -0.39 is 9.84 Å². The molecule has 0 aromatic heterocycles. The van der Waals surface area contributed by atoms with Crippen molar-refractivity contribution < 1.29 is 8.42 Å². The van der Waals surface area contributed by atoms with Gasteiger partial charge >= 0.3 is 0 Å². The fourth-order valence-corrected chi connectivity index (χ4v) is 4.60. The lowest BCUT2D eigenvalue weighted by atomic mass is 9.95. The normalized spacial score (nSPS) is 28.9. The predicted octanol–water partition coefficient (Wildman–Crippen LogP) is 2.51. The maximum atomic E-state index is 11.2. The topological polar surface area (TPSA) is 46.2 Å². The van der Waals surface area contributed by atoms with Gasteiger partial charge in [0.1, 0.15) is 0 Å². The van der Waals surface area contributed by atoms with Gasteiger partial charge in [-0.3, -0.25) is 0 Å². The van der Waals surface area contributed by atoms with Gasteiger partial charge in [0.15, 0.2) is 9.84 Å². The third-order valence-corrected chi connectivity index (χ3v) is 5.62. The Labute approximate surface area is 121 Å². The minimum Gasteiger partial charge on any atom is -0.310 e. The Morgan fingerprint density at radius 2 is 1.80 bits per heavy atom. The summed E-state index contributed by atoms with van der Waals surface area (Å²) in [6, 6.07) is 8.64. The maximum Gasteiger partial charge on any atom is 0.151 e. The molecule has 0 amide bonds. The number of fused-ring (bicyclic) bond motifs is 2. The molecule has 0 radical (unpaired) electrons. The van der Waals surface area contributed by atoms with Crippen molar-refractivity contribution in [3.05, 3.63) is 35.4 Å². The fourth-order valence-electron chi connectivity index (χ4n) is 3.80. The molecule has 1 N–H and O–H groups in total. The van der Waals surface area contributed by atoms with E-state index >= 15 is 0 Å². The molecule has 0 saturated heterocycles. The van der Waals surface area contributed by atoms with Gasteiger partial charge in [-0.1, -0.05) is 30.7 Å². The Balaban J connectivity index is 1.53. The number of hydrogen-bond donors (Lipinski definition) is 1. The van der Waals surface area contributed by atoms with Gasteiger partial charge in [0.25, 0.3) is 0 Å². The van der Waals surface area contributed by atoms with E-state index in [2.05, 4.69) is 5.32 Å². The van der Waals surface area contributed by atoms with Gasteiger partial charge in [-0.15, -0.1) is 0 Å². The molecule has 3 nitrogen and oxygen atoms in total. The molecule has 2 aliphatic rings. The minimum atomic E-state index is -2.94. The summed E-state index contributed by atoms with van der Waals surface area (Å²) >= 11 is 0. The Morgan fingerprint density at radius 3 is 2.35 bits per heavy atom. The molecule has 4 heteroatoms. The van der Waals surface area contributed by atoms with E-state index in [-0.39, 0.29) is 5.75 Å². The molecule has 2 aliphatic carbocycles. The summed E-state index contributed by atoms with van der Waals surface area (Å²) in [5, 5.41) is 3.68. The van der Waals surface area contributed by atoms with Gasteiger partial charge in [0.2, 0.25) is 0 Å². The zero-order valence-electron chi connectivity index (χ0n) is 12.0. The molecule has 110 valence electrons. The smallest absolute Gasteiger partial charge is 0.151 e. The summed E-state index contributed by atoms with van der Waals surface area (Å²) in [5.41, 5.74) is 2.11. The van der Waals surface area contributed by atoms with E-state index in [1.165, 1.54) is 37.5 Å². The second kappa shape index (κ2) is 5.49. The second-order valence-corrected chi connectivity index (χ2v) is 8.69. The molecule has 20 heavy (non-hydrogen) atoms. The van der Waals surface area contributed by atoms with E-state index in [0.717, 1.165) is 23.9 Å². The highest BCUT2D eigenvalue weighted by Crippen LogP contribution is 2.44. The van der Waals surface area contributed by atoms with Crippen LogP contribution in [0.5, 0.6) is 0 Å². The van der Waals surface area contributed by atoms with Gasteiger partial charge < -0.3 is 5.32 Å². The highest BCUT2D eigenvalue weighted by atomic mass is 32.2. The summed E-state index contributed by atoms with van der Waals surface area (Å²) in [5.74, 6) is 1.99. The third kappa shape index (κ3) is 3.41. The van der Waals surface area contributed by atoms with Crippen LogP contribution in [0, 0.1) is 11.8 Å². The molecule has 0 aliphatic heterocycles. The molecule has 2 saturated carbocycles. The lowest BCUT2D eigenvalue weighted by molar-refractivity contribution is 0.351. The lowest BCUT2D eigenvalue weighted by Crippen LogP contribution is -2.33. The molecular weight excluding hydrogens is 270 g/mol. The van der Waals surface area contributed by atoms with Crippen molar-refractivity contribution in [1.82, 2.24) is 5.32 Å². The van der Waals surface area contributed by atoms with Gasteiger partial charge in [0, 0.05) is 18.8 Å². The first-order valence-electron chi connectivity index (χ1n) is 7.48. The molecular formula is C16H23NO2S. The molecule has 3 unspecified atom stereocenters. The molecule has 0 heterocycles. The molecule has 3 rings (SSSR count). The van der Waals surface area contributed by atoms with Crippen molar-refractivity contribution in [1.29, 1.82) is 0 Å². The van der Waals surface area contributed by atoms with Crippen LogP contribution in [0.4, 0.5) is 0 Å². The van der Waals surface area contributed by atoms with E-state index in [1.54, 1.807) is 0 Å². The molecule has 2 bridgehead atoms. The summed E-state index contributed by atoms with van der Waals surface area (Å²) in [4.78, 5) is 0. The van der Waals surface area contributed by atoms with Crippen LogP contribution in [-0.2, 0) is 22.1 Å². The summed E-state index contributed by atoms with van der Waals surface area (Å²) in [6.07, 6.45) is 6.87. The molecule has 0 spiro atoms. The van der Waals surface area contributed by atoms with Gasteiger partial charge in [0.05, 0.1) is 5.75 Å². The first kappa shape index (κ1) is 14.1. The second-order valence-electron chi connectivity index (χ2n) is 6.55. The number of benzene rings is 1. The molecule has 3 atom stereocenters. The monoisotopic (exact) mass is 293 g/mol. The van der Waals surface area contributed by atoms with Crippen LogP contribution in [0.15, 0.2) is 24.3 Å². The zero-order valence-corrected chi connectivity index (χ0v) is 12.8. The number of sulfone groups is 1. The van der Waals surface area contributed by atoms with Crippen LogP contribution in [0.2, 0.25) is 0 Å². The van der Waals surface area contributed by atoms with Crippen LogP contribution in [-0.4, -0.2) is 20.7 Å². The summed E-state index contributed by atoms with van der Waals surface area (Å²) in [7, 11) is -2.94. The standard InChI is InChI=1S/C16H23NO2S/c1-20(18,19)11-13-4-2-12(3-5-13)10-17-16-9-14-6-7-15(16)8-14/h2-5,14-17H,6-11H2,1H3. The largest absolute Gasteiger partial charge is 0.310 e. The summed E-state index contributed by atoms with van der Waals surface area (Å²) < 4.78 is 22.5. The fraction of sp³-hybridized carbons (Fsp3) is 0.625. The van der Waals surface area contributed by atoms with E-state index in [9.17, 15) is 8.42 Å². The van der Waals surface area contributed by atoms with Crippen LogP contribution in [0.1, 0.15) is 36.8 Å². The summed E-state index contributed by atoms with van der Waals surface area (Å²) in [6.45, 7) is 0.896. The van der Waals surface area contributed by atoms with E-state index in [1.807, 2.05) is 24.3 Å². The Kier molecular flexibility index (Phi) is 3.87. The van der Waals surface area contributed by atoms with Crippen molar-refractivity contribution in [2.24, 2.45) is 11.8 Å². The van der Waals surface area contributed by atoms with Crippen LogP contribution >= 0.6 is 0 Å². The van der Waals surface area contributed by atoms with Gasteiger partial charge in [-0.25, -0.2) is 8.42 Å². The van der Waals surface area contributed by atoms with Crippen LogP contribution in [0.25, 0.3) is 0 Å². The first-order chi connectivity index (χ1) is 9.49. The number of nitrogens with one attached hydrogen (secondary N) is 1. The molecule has 1 aromatic rings. The van der Waals surface area contributed by atoms with Crippen molar-refractivity contribution in [3.63, 3.8) is 0 Å². The number of hydrogen-bond acceptors (Lipinski definition) is 3. The average molecular weight is 293 g/mol. The van der Waals surface area contributed by atoms with Crippen molar-refractivity contribution >= 4 is 9.84 Å². The van der Waals surface area contributed by atoms with Gasteiger partial charge in [-0.2, -0.15) is 0 Å². The maximum absolute atomic E-state index is 11.2. The predicted molar refractivity (Wildman–Crippen MR) is 81.1 cm³/mol. The Morgan fingerprint density at radius 1 is 1.10 bits per heavy atom. The van der Waals surface area contributed by atoms with Crippen LogP contribution in [0.3, 0.4) is 0 Å². The SMILES string of the molecule is CS(=O)(=O)Cc1ccc(CNC2CC3CCC2C3)cc1. The lowest BCUT2D eigenvalue weighted by Gasteiger charge is -2.23. The first-order valence-corrected chi connectivity index (χ1v) is 9.54. The zero-order chi connectivity index (χ0) is 14.2. The molecule has 1 aromatic carbocycles. The van der Waals surface area contributed by atoms with E-state index in [4.69, 9.17) is 0 Å². The van der Waals surface area contributed by atoms with Gasteiger partial charge in [-0.05, 0) is 42.2 Å². The minimum absolute atomic E-state index is 0.132. The van der Waals surface area contributed by atoms with Crippen molar-refractivity contribution in [2.75, 3.05) is 6.26 Å². The highest BCUT2D eigenvalue weighted by molar-refractivity contribution is 7.89. The highest BCUT2D eigenvalue weighted by Gasteiger charge is 2.38. The Bertz CT molecular complexity index is 565. The quantitative estimate of drug-likeness (QED) is 0.907. The van der Waals surface area contributed by atoms with Crippen molar-refractivity contribution in [3.8, 4) is 0 Å². The van der Waals surface area contributed by atoms with Crippen molar-refractivity contribution in [2.45, 2.75) is 44.0 Å². The number of rotatable bonds is 5. The average Bonchev–Trinajstić information content (AvgIpc) is 2.98. The Hall–Kier alpha value is -0.870. The third-order valence-electron chi connectivity index (χ3n) is 4.76. The van der Waals surface area contributed by atoms with Crippen LogP contribution < -0.4 is 5.32 Å². The van der Waals surface area contributed by atoms with E-state index in [0.29, 0.717) is 6.04 Å². The molecule has 2 fully saturated rings.